The highest BCUT2D eigenvalue weighted by Crippen LogP contribution is 2.20. The van der Waals surface area contributed by atoms with E-state index in [4.69, 9.17) is 17.3 Å². The van der Waals surface area contributed by atoms with E-state index < -0.39 is 5.54 Å². The standard InChI is InChI=1S/C21H26ClN3O/c1-21(23,17-5-3-2-4-6-17)20(26)24-19-11-13-25(14-12-19)15-16-7-9-18(22)10-8-16/h2-10,19H,11-15,23H2,1H3,(H,24,26). The van der Waals surface area contributed by atoms with Crippen LogP contribution >= 0.6 is 11.6 Å². The van der Waals surface area contributed by atoms with Crippen LogP contribution in [0.15, 0.2) is 54.6 Å². The lowest BCUT2D eigenvalue weighted by molar-refractivity contribution is -0.127. The maximum atomic E-state index is 12.7. The second kappa shape index (κ2) is 8.21. The molecule has 1 unspecified atom stereocenters. The maximum absolute atomic E-state index is 12.7. The van der Waals surface area contributed by atoms with Crippen molar-refractivity contribution in [2.75, 3.05) is 13.1 Å². The molecular formula is C21H26ClN3O. The Bertz CT molecular complexity index is 723. The van der Waals surface area contributed by atoms with Gasteiger partial charge < -0.3 is 11.1 Å². The zero-order valence-corrected chi connectivity index (χ0v) is 15.9. The molecule has 0 saturated carbocycles. The van der Waals surface area contributed by atoms with Crippen LogP contribution in [0, 0.1) is 0 Å². The van der Waals surface area contributed by atoms with Crippen LogP contribution in [0.2, 0.25) is 5.02 Å². The van der Waals surface area contributed by atoms with Gasteiger partial charge in [0.2, 0.25) is 5.91 Å². The minimum Gasteiger partial charge on any atom is -0.351 e. The molecule has 1 fully saturated rings. The minimum absolute atomic E-state index is 0.111. The molecule has 2 aromatic carbocycles. The minimum atomic E-state index is -1.01. The van der Waals surface area contributed by atoms with Crippen LogP contribution in [0.3, 0.4) is 0 Å². The summed E-state index contributed by atoms with van der Waals surface area (Å²) in [5.41, 5.74) is 7.39. The van der Waals surface area contributed by atoms with E-state index in [0.29, 0.717) is 0 Å². The normalized spacial score (nSPS) is 18.3. The second-order valence-corrected chi connectivity index (χ2v) is 7.66. The summed E-state index contributed by atoms with van der Waals surface area (Å²) in [6.45, 7) is 4.60. The van der Waals surface area contributed by atoms with E-state index in [0.717, 1.165) is 43.1 Å². The van der Waals surface area contributed by atoms with Gasteiger partial charge in [0, 0.05) is 30.7 Å². The van der Waals surface area contributed by atoms with Crippen molar-refractivity contribution in [3.05, 3.63) is 70.7 Å². The van der Waals surface area contributed by atoms with E-state index in [2.05, 4.69) is 22.3 Å². The molecule has 2 aromatic rings. The number of piperidine rings is 1. The number of carbonyl (C=O) groups excluding carboxylic acids is 1. The van der Waals surface area contributed by atoms with Gasteiger partial charge in [-0.3, -0.25) is 9.69 Å². The summed E-state index contributed by atoms with van der Waals surface area (Å²) >= 11 is 5.94. The van der Waals surface area contributed by atoms with Gasteiger partial charge in [0.25, 0.3) is 0 Å². The third-order valence-electron chi connectivity index (χ3n) is 5.09. The lowest BCUT2D eigenvalue weighted by atomic mass is 9.91. The average Bonchev–Trinajstić information content (AvgIpc) is 2.66. The summed E-state index contributed by atoms with van der Waals surface area (Å²) in [5, 5.41) is 3.90. The number of halogens is 1. The highest BCUT2D eigenvalue weighted by atomic mass is 35.5. The second-order valence-electron chi connectivity index (χ2n) is 7.22. The van der Waals surface area contributed by atoms with Crippen molar-refractivity contribution in [3.8, 4) is 0 Å². The van der Waals surface area contributed by atoms with Gasteiger partial charge in [-0.15, -0.1) is 0 Å². The van der Waals surface area contributed by atoms with Crippen LogP contribution in [0.5, 0.6) is 0 Å². The monoisotopic (exact) mass is 371 g/mol. The number of likely N-dealkylation sites (tertiary alicyclic amines) is 1. The van der Waals surface area contributed by atoms with Crippen LogP contribution in [-0.4, -0.2) is 29.9 Å². The Labute approximate surface area is 160 Å². The number of nitrogens with zero attached hydrogens (tertiary/aromatic N) is 1. The van der Waals surface area contributed by atoms with E-state index in [-0.39, 0.29) is 11.9 Å². The van der Waals surface area contributed by atoms with Gasteiger partial charge in [-0.2, -0.15) is 0 Å². The van der Waals surface area contributed by atoms with Gasteiger partial charge in [-0.1, -0.05) is 54.1 Å². The number of benzene rings is 2. The quantitative estimate of drug-likeness (QED) is 0.847. The molecule has 26 heavy (non-hydrogen) atoms. The van der Waals surface area contributed by atoms with Crippen LogP contribution in [0.25, 0.3) is 0 Å². The molecule has 3 N–H and O–H groups in total. The summed E-state index contributed by atoms with van der Waals surface area (Å²) in [6, 6.07) is 17.7. The van der Waals surface area contributed by atoms with E-state index in [1.165, 1.54) is 5.56 Å². The van der Waals surface area contributed by atoms with Crippen LogP contribution in [-0.2, 0) is 16.9 Å². The molecule has 0 aromatic heterocycles. The fraction of sp³-hybridized carbons (Fsp3) is 0.381. The summed E-state index contributed by atoms with van der Waals surface area (Å²) < 4.78 is 0. The van der Waals surface area contributed by atoms with Gasteiger partial charge >= 0.3 is 0 Å². The number of nitrogens with two attached hydrogens (primary N) is 1. The third-order valence-corrected chi connectivity index (χ3v) is 5.34. The number of rotatable bonds is 5. The Hall–Kier alpha value is -1.88. The molecule has 3 rings (SSSR count). The third kappa shape index (κ3) is 4.64. The van der Waals surface area contributed by atoms with Crippen LogP contribution < -0.4 is 11.1 Å². The summed E-state index contributed by atoms with van der Waals surface area (Å²) in [7, 11) is 0. The molecule has 0 radical (unpaired) electrons. The Morgan fingerprint density at radius 1 is 1.15 bits per heavy atom. The van der Waals surface area contributed by atoms with Crippen molar-refractivity contribution < 1.29 is 4.79 Å². The molecule has 1 aliphatic heterocycles. The van der Waals surface area contributed by atoms with E-state index in [1.54, 1.807) is 6.92 Å². The van der Waals surface area contributed by atoms with E-state index >= 15 is 0 Å². The lowest BCUT2D eigenvalue weighted by Crippen LogP contribution is -2.54. The molecule has 1 saturated heterocycles. The molecule has 0 aliphatic carbocycles. The first kappa shape index (κ1) is 18.9. The van der Waals surface area contributed by atoms with Crippen LogP contribution in [0.1, 0.15) is 30.9 Å². The molecular weight excluding hydrogens is 346 g/mol. The SMILES string of the molecule is CC(N)(C(=O)NC1CCN(Cc2ccc(Cl)cc2)CC1)c1ccccc1. The van der Waals surface area contributed by atoms with Crippen molar-refractivity contribution in [2.45, 2.75) is 37.9 Å². The predicted molar refractivity (Wildman–Crippen MR) is 106 cm³/mol. The molecule has 1 heterocycles. The first-order valence-electron chi connectivity index (χ1n) is 9.07. The molecule has 1 amide bonds. The molecule has 4 nitrogen and oxygen atoms in total. The fourth-order valence-electron chi connectivity index (χ4n) is 3.33. The van der Waals surface area contributed by atoms with E-state index in [1.807, 2.05) is 42.5 Å². The molecule has 0 spiro atoms. The average molecular weight is 372 g/mol. The Morgan fingerprint density at radius 3 is 2.38 bits per heavy atom. The first-order chi connectivity index (χ1) is 12.4. The van der Waals surface area contributed by atoms with Gasteiger partial charge in [-0.05, 0) is 43.0 Å². The number of hydrogen-bond acceptors (Lipinski definition) is 3. The number of carbonyl (C=O) groups is 1. The molecule has 0 bridgehead atoms. The Kier molecular flexibility index (Phi) is 5.97. The van der Waals surface area contributed by atoms with Crippen LogP contribution in [0.4, 0.5) is 0 Å². The van der Waals surface area contributed by atoms with Gasteiger partial charge in [0.1, 0.15) is 5.54 Å². The Balaban J connectivity index is 1.50. The lowest BCUT2D eigenvalue weighted by Gasteiger charge is -2.34. The number of amides is 1. The van der Waals surface area contributed by atoms with Gasteiger partial charge in [-0.25, -0.2) is 0 Å². The topological polar surface area (TPSA) is 58.4 Å². The molecule has 1 aliphatic rings. The summed E-state index contributed by atoms with van der Waals surface area (Å²) in [5.74, 6) is -0.111. The van der Waals surface area contributed by atoms with E-state index in [9.17, 15) is 4.79 Å². The molecule has 138 valence electrons. The zero-order valence-electron chi connectivity index (χ0n) is 15.1. The Morgan fingerprint density at radius 2 is 1.77 bits per heavy atom. The highest BCUT2D eigenvalue weighted by Gasteiger charge is 2.32. The zero-order chi connectivity index (χ0) is 18.6. The van der Waals surface area contributed by atoms with Crippen molar-refractivity contribution in [2.24, 2.45) is 5.73 Å². The summed E-state index contributed by atoms with van der Waals surface area (Å²) in [4.78, 5) is 15.1. The summed E-state index contributed by atoms with van der Waals surface area (Å²) in [6.07, 6.45) is 1.87. The van der Waals surface area contributed by atoms with Gasteiger partial charge in [0.15, 0.2) is 0 Å². The number of nitrogens with one attached hydrogen (secondary N) is 1. The predicted octanol–water partition coefficient (Wildman–Crippen LogP) is 3.29. The van der Waals surface area contributed by atoms with Crippen molar-refractivity contribution in [1.29, 1.82) is 0 Å². The highest BCUT2D eigenvalue weighted by molar-refractivity contribution is 6.30. The fourth-order valence-corrected chi connectivity index (χ4v) is 3.46. The van der Waals surface area contributed by atoms with Crippen molar-refractivity contribution in [3.63, 3.8) is 0 Å². The van der Waals surface area contributed by atoms with Crippen molar-refractivity contribution in [1.82, 2.24) is 10.2 Å². The molecule has 1 atom stereocenters. The number of hydrogen-bond donors (Lipinski definition) is 2. The molecule has 5 heteroatoms. The van der Waals surface area contributed by atoms with Crippen molar-refractivity contribution >= 4 is 17.5 Å². The maximum Gasteiger partial charge on any atom is 0.244 e. The first-order valence-corrected chi connectivity index (χ1v) is 9.45. The largest absolute Gasteiger partial charge is 0.351 e. The van der Waals surface area contributed by atoms with Gasteiger partial charge in [0.05, 0.1) is 0 Å². The smallest absolute Gasteiger partial charge is 0.244 e.